The lowest BCUT2D eigenvalue weighted by Crippen LogP contribution is -2.67. The van der Waals surface area contributed by atoms with Crippen LogP contribution >= 0.6 is 11.8 Å². The average molecular weight is 361 g/mol. The number of hydrogen-bond donors (Lipinski definition) is 2. The van der Waals surface area contributed by atoms with Crippen molar-refractivity contribution in [2.45, 2.75) is 76.3 Å². The SMILES string of the molecule is C[C@H]1[C@H](SCCCO)O[C@@H]2O[C@@H](C)CC[C@H]3[C@H](C)CC[C@@H]1[C@@]23OO. The molecule has 0 amide bonds. The second kappa shape index (κ2) is 7.80. The third kappa shape index (κ3) is 3.14. The summed E-state index contributed by atoms with van der Waals surface area (Å²) < 4.78 is 12.6. The highest BCUT2D eigenvalue weighted by Gasteiger charge is 2.64. The zero-order valence-electron chi connectivity index (χ0n) is 15.0. The molecule has 2 heterocycles. The number of aliphatic hydroxyl groups is 1. The van der Waals surface area contributed by atoms with Gasteiger partial charge >= 0.3 is 0 Å². The van der Waals surface area contributed by atoms with Crippen LogP contribution in [-0.2, 0) is 14.4 Å². The molecule has 8 atom stereocenters. The van der Waals surface area contributed by atoms with Crippen molar-refractivity contribution in [3.63, 3.8) is 0 Å². The predicted octanol–water partition coefficient (Wildman–Crippen LogP) is 3.51. The molecule has 0 radical (unpaired) electrons. The van der Waals surface area contributed by atoms with E-state index >= 15 is 0 Å². The number of ether oxygens (including phenoxy) is 2. The topological polar surface area (TPSA) is 68.2 Å². The van der Waals surface area contributed by atoms with Crippen molar-refractivity contribution in [3.8, 4) is 0 Å². The Morgan fingerprint density at radius 1 is 1.08 bits per heavy atom. The summed E-state index contributed by atoms with van der Waals surface area (Å²) >= 11 is 1.75. The zero-order chi connectivity index (χ0) is 17.3. The minimum atomic E-state index is -0.740. The first-order chi connectivity index (χ1) is 11.5. The van der Waals surface area contributed by atoms with Crippen molar-refractivity contribution >= 4 is 11.8 Å². The van der Waals surface area contributed by atoms with Crippen molar-refractivity contribution in [2.75, 3.05) is 12.4 Å². The summed E-state index contributed by atoms with van der Waals surface area (Å²) in [6, 6.07) is 0. The van der Waals surface area contributed by atoms with Crippen LogP contribution in [0.1, 0.15) is 52.9 Å². The van der Waals surface area contributed by atoms with Crippen LogP contribution in [0.4, 0.5) is 0 Å². The van der Waals surface area contributed by atoms with Gasteiger partial charge in [-0.05, 0) is 62.5 Å². The van der Waals surface area contributed by atoms with Gasteiger partial charge in [-0.1, -0.05) is 13.8 Å². The molecule has 2 N–H and O–H groups in total. The van der Waals surface area contributed by atoms with Crippen molar-refractivity contribution in [1.29, 1.82) is 0 Å². The van der Waals surface area contributed by atoms with Gasteiger partial charge in [-0.15, -0.1) is 11.8 Å². The van der Waals surface area contributed by atoms with E-state index in [1.165, 1.54) is 6.42 Å². The standard InChI is InChI=1S/C18H32O5S/c1-11-5-7-15-13(3)16(24-10-4-9-19)22-17-18(15,23-20)14(11)8-6-12(2)21-17/h11-17,19-20H,4-10H2,1-3H3/t11-,12+,13-,14+,15+,16+,17+,18-/m1/s1. The summed E-state index contributed by atoms with van der Waals surface area (Å²) in [5.74, 6) is 2.15. The quantitative estimate of drug-likeness (QED) is 0.444. The van der Waals surface area contributed by atoms with E-state index in [0.29, 0.717) is 5.92 Å². The number of thioether (sulfide) groups is 1. The second-order valence-corrected chi connectivity index (χ2v) is 9.09. The second-order valence-electron chi connectivity index (χ2n) is 7.88. The third-order valence-corrected chi connectivity index (χ3v) is 7.85. The minimum absolute atomic E-state index is 0.0224. The van der Waals surface area contributed by atoms with Crippen LogP contribution < -0.4 is 0 Å². The molecule has 2 saturated heterocycles. The van der Waals surface area contributed by atoms with Crippen molar-refractivity contribution in [3.05, 3.63) is 0 Å². The maximum atomic E-state index is 10.0. The van der Waals surface area contributed by atoms with E-state index in [2.05, 4.69) is 20.8 Å². The molecule has 0 bridgehead atoms. The lowest BCUT2D eigenvalue weighted by atomic mass is 9.58. The molecule has 3 fully saturated rings. The highest BCUT2D eigenvalue weighted by Crippen LogP contribution is 2.57. The van der Waals surface area contributed by atoms with Crippen molar-refractivity contribution in [2.24, 2.45) is 23.7 Å². The summed E-state index contributed by atoms with van der Waals surface area (Å²) in [7, 11) is 0. The maximum Gasteiger partial charge on any atom is 0.191 e. The fourth-order valence-electron chi connectivity index (χ4n) is 5.13. The summed E-state index contributed by atoms with van der Waals surface area (Å²) in [5, 5.41) is 19.1. The van der Waals surface area contributed by atoms with E-state index in [-0.39, 0.29) is 35.9 Å². The van der Waals surface area contributed by atoms with Gasteiger partial charge in [0.05, 0.1) is 6.10 Å². The first kappa shape index (κ1) is 18.9. The molecule has 0 unspecified atom stereocenters. The van der Waals surface area contributed by atoms with E-state index in [1.54, 1.807) is 11.8 Å². The Balaban J connectivity index is 1.89. The smallest absolute Gasteiger partial charge is 0.191 e. The number of aliphatic hydroxyl groups excluding tert-OH is 1. The Bertz CT molecular complexity index is 422. The summed E-state index contributed by atoms with van der Waals surface area (Å²) in [5.41, 5.74) is -0.718. The molecule has 1 aliphatic carbocycles. The molecule has 3 aliphatic rings. The minimum Gasteiger partial charge on any atom is -0.396 e. The molecule has 0 aromatic heterocycles. The van der Waals surface area contributed by atoms with Gasteiger partial charge in [0.1, 0.15) is 5.44 Å². The molecule has 3 rings (SSSR count). The average Bonchev–Trinajstić information content (AvgIpc) is 2.71. The molecular weight excluding hydrogens is 328 g/mol. The molecule has 6 heteroatoms. The van der Waals surface area contributed by atoms with E-state index in [9.17, 15) is 5.26 Å². The molecule has 2 aliphatic heterocycles. The third-order valence-electron chi connectivity index (χ3n) is 6.45. The van der Waals surface area contributed by atoms with Crippen LogP contribution in [0.15, 0.2) is 0 Å². The van der Waals surface area contributed by atoms with E-state index < -0.39 is 11.9 Å². The molecule has 0 aromatic rings. The summed E-state index contributed by atoms with van der Waals surface area (Å²) in [4.78, 5) is 5.29. The first-order valence-electron chi connectivity index (χ1n) is 9.40. The lowest BCUT2D eigenvalue weighted by Gasteiger charge is -2.57. The van der Waals surface area contributed by atoms with Crippen LogP contribution in [0.2, 0.25) is 0 Å². The van der Waals surface area contributed by atoms with Gasteiger partial charge in [0.2, 0.25) is 0 Å². The highest BCUT2D eigenvalue weighted by atomic mass is 32.2. The Labute approximate surface area is 149 Å². The molecule has 1 saturated carbocycles. The van der Waals surface area contributed by atoms with E-state index in [1.807, 2.05) is 0 Å². The van der Waals surface area contributed by atoms with Gasteiger partial charge in [-0.25, -0.2) is 4.89 Å². The Morgan fingerprint density at radius 2 is 1.83 bits per heavy atom. The summed E-state index contributed by atoms with van der Waals surface area (Å²) in [6.45, 7) is 6.76. The van der Waals surface area contributed by atoms with Gasteiger partial charge in [0.15, 0.2) is 11.9 Å². The van der Waals surface area contributed by atoms with Crippen LogP contribution in [0.5, 0.6) is 0 Å². The molecule has 5 nitrogen and oxygen atoms in total. The Kier molecular flexibility index (Phi) is 6.15. The first-order valence-corrected chi connectivity index (χ1v) is 10.4. The highest BCUT2D eigenvalue weighted by molar-refractivity contribution is 7.99. The van der Waals surface area contributed by atoms with Gasteiger partial charge in [0.25, 0.3) is 0 Å². The van der Waals surface area contributed by atoms with Crippen LogP contribution in [0, 0.1) is 23.7 Å². The largest absolute Gasteiger partial charge is 0.396 e. The number of rotatable bonds is 5. The van der Waals surface area contributed by atoms with Crippen molar-refractivity contribution < 1.29 is 24.7 Å². The molecular formula is C18H32O5S. The molecule has 24 heavy (non-hydrogen) atoms. The lowest BCUT2D eigenvalue weighted by molar-refractivity contribution is -0.438. The molecule has 0 spiro atoms. The zero-order valence-corrected chi connectivity index (χ0v) is 15.8. The molecule has 140 valence electrons. The van der Waals surface area contributed by atoms with Crippen LogP contribution in [-0.4, -0.2) is 46.2 Å². The Morgan fingerprint density at radius 3 is 2.54 bits per heavy atom. The van der Waals surface area contributed by atoms with Gasteiger partial charge in [-0.2, -0.15) is 0 Å². The Hall–Kier alpha value is 0.150. The van der Waals surface area contributed by atoms with Gasteiger partial charge in [0, 0.05) is 12.5 Å². The monoisotopic (exact) mass is 360 g/mol. The normalized spacial score (nSPS) is 48.6. The molecule has 0 aromatic carbocycles. The van der Waals surface area contributed by atoms with Gasteiger partial charge in [-0.3, -0.25) is 5.26 Å². The fraction of sp³-hybridized carbons (Fsp3) is 1.00. The number of hydrogen-bond acceptors (Lipinski definition) is 6. The van der Waals surface area contributed by atoms with Crippen LogP contribution in [0.25, 0.3) is 0 Å². The maximum absolute atomic E-state index is 10.0. The van der Waals surface area contributed by atoms with E-state index in [4.69, 9.17) is 19.5 Å². The van der Waals surface area contributed by atoms with Crippen LogP contribution in [0.3, 0.4) is 0 Å². The van der Waals surface area contributed by atoms with Crippen molar-refractivity contribution in [1.82, 2.24) is 0 Å². The predicted molar refractivity (Wildman–Crippen MR) is 93.6 cm³/mol. The van der Waals surface area contributed by atoms with E-state index in [0.717, 1.165) is 31.4 Å². The summed E-state index contributed by atoms with van der Waals surface area (Å²) in [6.07, 6.45) is 4.55. The fourth-order valence-corrected chi connectivity index (χ4v) is 6.33. The van der Waals surface area contributed by atoms with Gasteiger partial charge < -0.3 is 14.6 Å².